The van der Waals surface area contributed by atoms with Crippen LogP contribution in [-0.2, 0) is 10.0 Å². The van der Waals surface area contributed by atoms with Crippen LogP contribution in [0.15, 0.2) is 21.5 Å². The highest BCUT2D eigenvalue weighted by Crippen LogP contribution is 2.26. The molecule has 1 saturated heterocycles. The Balaban J connectivity index is 2.41. The van der Waals surface area contributed by atoms with E-state index in [-0.39, 0.29) is 10.5 Å². The third-order valence-corrected chi connectivity index (χ3v) is 5.71. The molecule has 0 aromatic heterocycles. The SMILES string of the molecule is CN(C1CCNC1)S(=O)(=O)c1cc(F)c(Br)cc1F. The van der Waals surface area contributed by atoms with E-state index in [2.05, 4.69) is 21.2 Å². The van der Waals surface area contributed by atoms with E-state index in [1.165, 1.54) is 7.05 Å². The number of sulfonamides is 1. The lowest BCUT2D eigenvalue weighted by molar-refractivity contribution is 0.384. The summed E-state index contributed by atoms with van der Waals surface area (Å²) < 4.78 is 52.7. The Labute approximate surface area is 119 Å². The minimum absolute atomic E-state index is 0.103. The van der Waals surface area contributed by atoms with Crippen LogP contribution in [0.1, 0.15) is 6.42 Å². The Morgan fingerprint density at radius 1 is 1.37 bits per heavy atom. The van der Waals surface area contributed by atoms with Gasteiger partial charge in [0.2, 0.25) is 10.0 Å². The number of hydrogen-bond donors (Lipinski definition) is 1. The predicted molar refractivity (Wildman–Crippen MR) is 70.3 cm³/mol. The van der Waals surface area contributed by atoms with Gasteiger partial charge in [-0.05, 0) is 41.0 Å². The van der Waals surface area contributed by atoms with E-state index in [9.17, 15) is 17.2 Å². The van der Waals surface area contributed by atoms with Crippen molar-refractivity contribution in [3.05, 3.63) is 28.2 Å². The maximum absolute atomic E-state index is 13.8. The summed E-state index contributed by atoms with van der Waals surface area (Å²) in [7, 11) is -2.65. The van der Waals surface area contributed by atoms with Crippen molar-refractivity contribution in [2.24, 2.45) is 0 Å². The zero-order chi connectivity index (χ0) is 14.2. The van der Waals surface area contributed by atoms with E-state index < -0.39 is 26.6 Å². The lowest BCUT2D eigenvalue weighted by Gasteiger charge is -2.23. The van der Waals surface area contributed by atoms with Crippen LogP contribution in [0, 0.1) is 11.6 Å². The molecule has 4 nitrogen and oxygen atoms in total. The van der Waals surface area contributed by atoms with Crippen molar-refractivity contribution in [2.75, 3.05) is 20.1 Å². The highest BCUT2D eigenvalue weighted by molar-refractivity contribution is 9.10. The summed E-state index contributed by atoms with van der Waals surface area (Å²) in [5.74, 6) is -1.77. The standard InChI is InChI=1S/C11H13BrF2N2O2S/c1-16(7-2-3-15-6-7)19(17,18)11-5-9(13)8(12)4-10(11)14/h4-5,7,15H,2-3,6H2,1H3. The molecule has 0 spiro atoms. The lowest BCUT2D eigenvalue weighted by Crippen LogP contribution is -2.38. The Hall–Kier alpha value is -0.570. The number of halogens is 3. The summed E-state index contributed by atoms with van der Waals surface area (Å²) in [5, 5.41) is 3.03. The van der Waals surface area contributed by atoms with E-state index in [1.807, 2.05) is 0 Å². The Morgan fingerprint density at radius 3 is 2.63 bits per heavy atom. The van der Waals surface area contributed by atoms with Crippen LogP contribution in [0.4, 0.5) is 8.78 Å². The van der Waals surface area contributed by atoms with Gasteiger partial charge in [0, 0.05) is 19.6 Å². The molecule has 1 unspecified atom stereocenters. The molecule has 1 fully saturated rings. The van der Waals surface area contributed by atoms with Crippen molar-refractivity contribution in [3.63, 3.8) is 0 Å². The fourth-order valence-electron chi connectivity index (χ4n) is 2.00. The van der Waals surface area contributed by atoms with Gasteiger partial charge in [0.05, 0.1) is 4.47 Å². The van der Waals surface area contributed by atoms with Crippen LogP contribution in [0.25, 0.3) is 0 Å². The quantitative estimate of drug-likeness (QED) is 0.840. The largest absolute Gasteiger partial charge is 0.315 e. The van der Waals surface area contributed by atoms with Crippen molar-refractivity contribution in [1.29, 1.82) is 0 Å². The van der Waals surface area contributed by atoms with Crippen molar-refractivity contribution in [2.45, 2.75) is 17.4 Å². The molecule has 1 N–H and O–H groups in total. The summed E-state index contributed by atoms with van der Waals surface area (Å²) in [6.45, 7) is 1.22. The maximum atomic E-state index is 13.8. The van der Waals surface area contributed by atoms with Crippen LogP contribution in [-0.4, -0.2) is 38.9 Å². The molecule has 1 aromatic rings. The van der Waals surface area contributed by atoms with Crippen molar-refractivity contribution in [3.8, 4) is 0 Å². The van der Waals surface area contributed by atoms with E-state index in [0.29, 0.717) is 25.6 Å². The summed E-state index contributed by atoms with van der Waals surface area (Å²) in [4.78, 5) is -0.636. The predicted octanol–water partition coefficient (Wildman–Crippen LogP) is 1.71. The molecule has 1 aliphatic rings. The van der Waals surface area contributed by atoms with Gasteiger partial charge >= 0.3 is 0 Å². The number of benzene rings is 1. The van der Waals surface area contributed by atoms with E-state index in [4.69, 9.17) is 0 Å². The topological polar surface area (TPSA) is 49.4 Å². The van der Waals surface area contributed by atoms with E-state index >= 15 is 0 Å². The Bertz CT molecular complexity index is 589. The fourth-order valence-corrected chi connectivity index (χ4v) is 3.76. The van der Waals surface area contributed by atoms with Gasteiger partial charge in [-0.3, -0.25) is 0 Å². The molecular weight excluding hydrogens is 342 g/mol. The van der Waals surface area contributed by atoms with Crippen LogP contribution >= 0.6 is 15.9 Å². The van der Waals surface area contributed by atoms with Crippen molar-refractivity contribution < 1.29 is 17.2 Å². The average molecular weight is 355 g/mol. The van der Waals surface area contributed by atoms with Gasteiger partial charge in [0.1, 0.15) is 16.5 Å². The molecular formula is C11H13BrF2N2O2S. The Morgan fingerprint density at radius 2 is 2.05 bits per heavy atom. The lowest BCUT2D eigenvalue weighted by atomic mass is 10.3. The summed E-state index contributed by atoms with van der Waals surface area (Å²) in [6, 6.07) is 1.28. The minimum Gasteiger partial charge on any atom is -0.315 e. The van der Waals surface area contributed by atoms with Crippen molar-refractivity contribution in [1.82, 2.24) is 9.62 Å². The maximum Gasteiger partial charge on any atom is 0.246 e. The molecule has 1 aromatic carbocycles. The van der Waals surface area contributed by atoms with Crippen LogP contribution in [0.5, 0.6) is 0 Å². The molecule has 1 heterocycles. The Kier molecular flexibility index (Phi) is 4.24. The molecule has 2 rings (SSSR count). The zero-order valence-corrected chi connectivity index (χ0v) is 12.6. The van der Waals surface area contributed by atoms with Crippen LogP contribution in [0.3, 0.4) is 0 Å². The third-order valence-electron chi connectivity index (χ3n) is 3.18. The molecule has 0 aliphatic carbocycles. The second-order valence-corrected chi connectivity index (χ2v) is 7.18. The molecule has 0 radical (unpaired) electrons. The van der Waals surface area contributed by atoms with E-state index in [1.54, 1.807) is 0 Å². The smallest absolute Gasteiger partial charge is 0.246 e. The highest BCUT2D eigenvalue weighted by atomic mass is 79.9. The molecule has 0 bridgehead atoms. The van der Waals surface area contributed by atoms with Gasteiger partial charge in [0.25, 0.3) is 0 Å². The fraction of sp³-hybridized carbons (Fsp3) is 0.455. The first kappa shape index (κ1) is 14.8. The second-order valence-electron chi connectivity index (χ2n) is 4.36. The first-order valence-electron chi connectivity index (χ1n) is 5.67. The van der Waals surface area contributed by atoms with Gasteiger partial charge in [-0.2, -0.15) is 4.31 Å². The van der Waals surface area contributed by atoms with E-state index in [0.717, 1.165) is 10.4 Å². The number of nitrogens with zero attached hydrogens (tertiary/aromatic N) is 1. The molecule has 0 saturated carbocycles. The van der Waals surface area contributed by atoms with Gasteiger partial charge in [0.15, 0.2) is 0 Å². The van der Waals surface area contributed by atoms with Crippen LogP contribution < -0.4 is 5.32 Å². The molecule has 106 valence electrons. The monoisotopic (exact) mass is 354 g/mol. The van der Waals surface area contributed by atoms with Gasteiger partial charge in [-0.15, -0.1) is 0 Å². The molecule has 1 atom stereocenters. The van der Waals surface area contributed by atoms with Crippen molar-refractivity contribution >= 4 is 26.0 Å². The summed E-state index contributed by atoms with van der Waals surface area (Å²) in [6.07, 6.45) is 0.649. The number of likely N-dealkylation sites (N-methyl/N-ethyl adjacent to an activating group) is 1. The van der Waals surface area contributed by atoms with Crippen LogP contribution in [0.2, 0.25) is 0 Å². The number of nitrogens with one attached hydrogen (secondary N) is 1. The molecule has 19 heavy (non-hydrogen) atoms. The molecule has 8 heteroatoms. The first-order valence-corrected chi connectivity index (χ1v) is 7.90. The molecule has 1 aliphatic heterocycles. The first-order chi connectivity index (χ1) is 8.84. The summed E-state index contributed by atoms with van der Waals surface area (Å²) >= 11 is 2.82. The van der Waals surface area contributed by atoms with Gasteiger partial charge < -0.3 is 5.32 Å². The van der Waals surface area contributed by atoms with Gasteiger partial charge in [-0.1, -0.05) is 0 Å². The normalized spacial score (nSPS) is 20.2. The zero-order valence-electron chi connectivity index (χ0n) is 10.2. The molecule has 0 amide bonds. The minimum atomic E-state index is -4.03. The summed E-state index contributed by atoms with van der Waals surface area (Å²) in [5.41, 5.74) is 0. The van der Waals surface area contributed by atoms with Gasteiger partial charge in [-0.25, -0.2) is 17.2 Å². The average Bonchev–Trinajstić information content (AvgIpc) is 2.86. The third kappa shape index (κ3) is 2.81. The number of rotatable bonds is 3. The number of hydrogen-bond acceptors (Lipinski definition) is 3. The highest BCUT2D eigenvalue weighted by Gasteiger charge is 2.32. The second kappa shape index (κ2) is 5.43.